The van der Waals surface area contributed by atoms with Crippen LogP contribution >= 0.6 is 0 Å². The number of pyridine rings is 1. The fraction of sp³-hybridized carbons (Fsp3) is 0.211. The van der Waals surface area contributed by atoms with Crippen LogP contribution in [0, 0.1) is 12.7 Å². The van der Waals surface area contributed by atoms with Gasteiger partial charge in [-0.1, -0.05) is 11.6 Å². The van der Waals surface area contributed by atoms with Crippen molar-refractivity contribution in [3.05, 3.63) is 75.8 Å². The Bertz CT molecular complexity index is 1110. The van der Waals surface area contributed by atoms with Gasteiger partial charge in [-0.3, -0.25) is 4.79 Å². The summed E-state index contributed by atoms with van der Waals surface area (Å²) in [4.78, 5) is 14.9. The largest absolute Gasteiger partial charge is 0.492 e. The molecular formula is C19H19FN2O4S. The van der Waals surface area contributed by atoms with Crippen molar-refractivity contribution in [1.82, 2.24) is 9.71 Å². The molecule has 0 spiro atoms. The van der Waals surface area contributed by atoms with Crippen molar-refractivity contribution >= 4 is 20.9 Å². The van der Waals surface area contributed by atoms with Crippen molar-refractivity contribution in [2.45, 2.75) is 13.5 Å². The highest BCUT2D eigenvalue weighted by atomic mass is 32.2. The summed E-state index contributed by atoms with van der Waals surface area (Å²) >= 11 is 0. The smallest absolute Gasteiger partial charge is 0.252 e. The summed E-state index contributed by atoms with van der Waals surface area (Å²) in [5.41, 5.74) is 1.73. The molecule has 3 rings (SSSR count). The van der Waals surface area contributed by atoms with Crippen LogP contribution in [0.1, 0.15) is 11.1 Å². The summed E-state index contributed by atoms with van der Waals surface area (Å²) in [6.07, 6.45) is 0. The second-order valence-electron chi connectivity index (χ2n) is 6.16. The van der Waals surface area contributed by atoms with Gasteiger partial charge in [-0.15, -0.1) is 0 Å². The minimum atomic E-state index is -3.64. The number of sulfonamides is 1. The van der Waals surface area contributed by atoms with E-state index in [4.69, 9.17) is 4.74 Å². The van der Waals surface area contributed by atoms with E-state index >= 15 is 0 Å². The summed E-state index contributed by atoms with van der Waals surface area (Å²) < 4.78 is 44.7. The average molecular weight is 390 g/mol. The highest BCUT2D eigenvalue weighted by Crippen LogP contribution is 2.13. The Kier molecular flexibility index (Phi) is 5.57. The van der Waals surface area contributed by atoms with E-state index < -0.39 is 15.8 Å². The first-order valence-corrected chi connectivity index (χ1v) is 9.96. The fourth-order valence-electron chi connectivity index (χ4n) is 2.56. The molecule has 2 N–H and O–H groups in total. The number of aryl methyl sites for hydroxylation is 1. The van der Waals surface area contributed by atoms with Gasteiger partial charge in [0, 0.05) is 17.6 Å². The molecule has 0 radical (unpaired) electrons. The van der Waals surface area contributed by atoms with Gasteiger partial charge in [0.1, 0.15) is 18.2 Å². The van der Waals surface area contributed by atoms with Crippen molar-refractivity contribution in [2.75, 3.05) is 12.4 Å². The van der Waals surface area contributed by atoms with Crippen LogP contribution in [0.15, 0.2) is 53.3 Å². The van der Waals surface area contributed by atoms with Crippen LogP contribution in [-0.4, -0.2) is 25.8 Å². The van der Waals surface area contributed by atoms with E-state index in [1.807, 2.05) is 25.1 Å². The topological polar surface area (TPSA) is 88.3 Å². The van der Waals surface area contributed by atoms with E-state index in [0.717, 1.165) is 10.9 Å². The maximum atomic E-state index is 12.8. The number of fused-ring (bicyclic) bond motifs is 1. The molecule has 0 saturated carbocycles. The lowest BCUT2D eigenvalue weighted by atomic mass is 10.1. The first-order valence-electron chi connectivity index (χ1n) is 8.31. The molecule has 8 heteroatoms. The number of aromatic amines is 1. The van der Waals surface area contributed by atoms with E-state index in [1.54, 1.807) is 6.07 Å². The Morgan fingerprint density at radius 3 is 2.59 bits per heavy atom. The zero-order valence-electron chi connectivity index (χ0n) is 14.7. The van der Waals surface area contributed by atoms with Crippen LogP contribution in [0.5, 0.6) is 5.75 Å². The lowest BCUT2D eigenvalue weighted by molar-refractivity contribution is 0.339. The minimum absolute atomic E-state index is 0.0890. The number of halogens is 1. The molecule has 1 heterocycles. The summed E-state index contributed by atoms with van der Waals surface area (Å²) in [6.45, 7) is 1.74. The van der Waals surface area contributed by atoms with Gasteiger partial charge in [0.05, 0.1) is 5.75 Å². The van der Waals surface area contributed by atoms with E-state index in [9.17, 15) is 17.6 Å². The summed E-state index contributed by atoms with van der Waals surface area (Å²) in [7, 11) is -3.64. The van der Waals surface area contributed by atoms with Gasteiger partial charge in [0.25, 0.3) is 5.56 Å². The molecule has 6 nitrogen and oxygen atoms in total. The van der Waals surface area contributed by atoms with Crippen LogP contribution in [-0.2, 0) is 16.6 Å². The van der Waals surface area contributed by atoms with Crippen LogP contribution in [0.3, 0.4) is 0 Å². The number of ether oxygens (including phenoxy) is 1. The second kappa shape index (κ2) is 7.89. The third-order valence-corrected chi connectivity index (χ3v) is 5.28. The molecule has 0 atom stereocenters. The molecule has 1 aromatic heterocycles. The number of H-pyrrole nitrogens is 1. The van der Waals surface area contributed by atoms with Gasteiger partial charge >= 0.3 is 0 Å². The third kappa shape index (κ3) is 5.15. The maximum absolute atomic E-state index is 12.8. The number of hydrogen-bond donors (Lipinski definition) is 2. The zero-order chi connectivity index (χ0) is 19.4. The molecular weight excluding hydrogens is 371 g/mol. The molecule has 2 aromatic carbocycles. The highest BCUT2D eigenvalue weighted by Gasteiger charge is 2.12. The molecule has 0 aliphatic heterocycles. The Labute approximate surface area is 156 Å². The predicted octanol–water partition coefficient (Wildman–Crippen LogP) is 2.47. The van der Waals surface area contributed by atoms with Crippen LogP contribution in [0.25, 0.3) is 10.9 Å². The molecule has 0 aliphatic rings. The van der Waals surface area contributed by atoms with Gasteiger partial charge in [-0.25, -0.2) is 17.5 Å². The first kappa shape index (κ1) is 19.1. The van der Waals surface area contributed by atoms with E-state index in [0.29, 0.717) is 16.8 Å². The monoisotopic (exact) mass is 390 g/mol. The number of nitrogens with one attached hydrogen (secondary N) is 2. The van der Waals surface area contributed by atoms with Crippen molar-refractivity contribution in [2.24, 2.45) is 0 Å². The Morgan fingerprint density at radius 1 is 1.11 bits per heavy atom. The Morgan fingerprint density at radius 2 is 1.85 bits per heavy atom. The molecule has 0 unspecified atom stereocenters. The standard InChI is InChI=1S/C19H19FN2O4S/c1-13-2-7-18-14(10-13)11-15(19(23)22-18)12-21-27(24,25)9-8-26-17-5-3-16(20)4-6-17/h2-7,10-11,21H,8-9,12H2,1H3,(H,22,23). The van der Waals surface area contributed by atoms with E-state index in [1.165, 1.54) is 24.3 Å². The zero-order valence-corrected chi connectivity index (χ0v) is 15.5. The second-order valence-corrected chi connectivity index (χ2v) is 8.08. The van der Waals surface area contributed by atoms with Crippen LogP contribution < -0.4 is 15.0 Å². The molecule has 27 heavy (non-hydrogen) atoms. The molecule has 0 amide bonds. The number of benzene rings is 2. The van der Waals surface area contributed by atoms with Gasteiger partial charge in [0.2, 0.25) is 10.0 Å². The van der Waals surface area contributed by atoms with E-state index in [-0.39, 0.29) is 24.5 Å². The Balaban J connectivity index is 1.61. The van der Waals surface area contributed by atoms with Gasteiger partial charge in [-0.05, 0) is 54.8 Å². The number of rotatable bonds is 7. The summed E-state index contributed by atoms with van der Waals surface area (Å²) in [6, 6.07) is 12.6. The number of aromatic nitrogens is 1. The SMILES string of the molecule is Cc1ccc2[nH]c(=O)c(CNS(=O)(=O)CCOc3ccc(F)cc3)cc2c1. The van der Waals surface area contributed by atoms with Gasteiger partial charge in [-0.2, -0.15) is 0 Å². The van der Waals surface area contributed by atoms with Crippen molar-refractivity contribution in [1.29, 1.82) is 0 Å². The first-order chi connectivity index (χ1) is 12.8. The van der Waals surface area contributed by atoms with Crippen molar-refractivity contribution in [3.63, 3.8) is 0 Å². The van der Waals surface area contributed by atoms with Crippen LogP contribution in [0.2, 0.25) is 0 Å². The summed E-state index contributed by atoms with van der Waals surface area (Å²) in [5.74, 6) is -0.296. The van der Waals surface area contributed by atoms with Crippen molar-refractivity contribution in [3.8, 4) is 5.75 Å². The molecule has 3 aromatic rings. The molecule has 0 aliphatic carbocycles. The van der Waals surface area contributed by atoms with E-state index in [2.05, 4.69) is 9.71 Å². The third-order valence-electron chi connectivity index (χ3n) is 3.99. The molecule has 0 bridgehead atoms. The maximum Gasteiger partial charge on any atom is 0.252 e. The number of hydrogen-bond acceptors (Lipinski definition) is 4. The van der Waals surface area contributed by atoms with Crippen LogP contribution in [0.4, 0.5) is 4.39 Å². The predicted molar refractivity (Wildman–Crippen MR) is 102 cm³/mol. The summed E-state index contributed by atoms with van der Waals surface area (Å²) in [5, 5.41) is 0.837. The molecule has 0 fully saturated rings. The highest BCUT2D eigenvalue weighted by molar-refractivity contribution is 7.89. The average Bonchev–Trinajstić information content (AvgIpc) is 2.62. The minimum Gasteiger partial charge on any atom is -0.492 e. The fourth-order valence-corrected chi connectivity index (χ4v) is 3.38. The normalized spacial score (nSPS) is 11.6. The molecule has 142 valence electrons. The molecule has 0 saturated heterocycles. The van der Waals surface area contributed by atoms with Crippen molar-refractivity contribution < 1.29 is 17.5 Å². The van der Waals surface area contributed by atoms with Gasteiger partial charge in [0.15, 0.2) is 0 Å². The quantitative estimate of drug-likeness (QED) is 0.649. The van der Waals surface area contributed by atoms with Gasteiger partial charge < -0.3 is 9.72 Å². The Hall–Kier alpha value is -2.71. The lowest BCUT2D eigenvalue weighted by Crippen LogP contribution is -2.30. The lowest BCUT2D eigenvalue weighted by Gasteiger charge is -2.09.